The quantitative estimate of drug-likeness (QED) is 0.797. The number of hydrogen-bond donors (Lipinski definition) is 0. The number of hydrogen-bond acceptors (Lipinski definition) is 2. The molecule has 0 bridgehead atoms. The van der Waals surface area contributed by atoms with E-state index in [9.17, 15) is 0 Å². The van der Waals surface area contributed by atoms with Gasteiger partial charge in [0.2, 0.25) is 0 Å². The van der Waals surface area contributed by atoms with E-state index < -0.39 is 0 Å². The van der Waals surface area contributed by atoms with E-state index in [1.807, 2.05) is 19.9 Å². The van der Waals surface area contributed by atoms with Gasteiger partial charge in [-0.1, -0.05) is 44.2 Å². The van der Waals surface area contributed by atoms with Gasteiger partial charge in [-0.05, 0) is 25.5 Å². The highest BCUT2D eigenvalue weighted by Gasteiger charge is 2.16. The Labute approximate surface area is 106 Å². The first-order valence-corrected chi connectivity index (χ1v) is 6.68. The van der Waals surface area contributed by atoms with Crippen LogP contribution in [0.15, 0.2) is 30.3 Å². The van der Waals surface area contributed by atoms with Gasteiger partial charge in [0.1, 0.15) is 0 Å². The SMILES string of the molecule is CC.CN1CCC(OCc2ccccc2)CC1. The molecule has 96 valence electrons. The normalized spacial score (nSPS) is 17.4. The van der Waals surface area contributed by atoms with Gasteiger partial charge in [0.15, 0.2) is 0 Å². The van der Waals surface area contributed by atoms with E-state index in [0.717, 1.165) is 6.61 Å². The average Bonchev–Trinajstić information content (AvgIpc) is 2.42. The lowest BCUT2D eigenvalue weighted by molar-refractivity contribution is 0.00214. The standard InChI is InChI=1S/C13H19NO.C2H6/c1-14-9-7-13(8-10-14)15-11-12-5-3-2-4-6-12;1-2/h2-6,13H,7-11H2,1H3;1-2H3. The zero-order chi connectivity index (χ0) is 12.5. The van der Waals surface area contributed by atoms with Crippen molar-refractivity contribution in [3.05, 3.63) is 35.9 Å². The number of piperidine rings is 1. The van der Waals surface area contributed by atoms with Crippen molar-refractivity contribution < 1.29 is 4.74 Å². The molecule has 0 N–H and O–H groups in total. The molecule has 1 fully saturated rings. The Morgan fingerprint density at radius 3 is 2.29 bits per heavy atom. The van der Waals surface area contributed by atoms with Gasteiger partial charge >= 0.3 is 0 Å². The van der Waals surface area contributed by atoms with Gasteiger partial charge in [0, 0.05) is 13.1 Å². The Morgan fingerprint density at radius 1 is 1.12 bits per heavy atom. The van der Waals surface area contributed by atoms with Crippen molar-refractivity contribution in [2.24, 2.45) is 0 Å². The molecule has 0 unspecified atom stereocenters. The summed E-state index contributed by atoms with van der Waals surface area (Å²) in [4.78, 5) is 2.36. The van der Waals surface area contributed by atoms with E-state index in [0.29, 0.717) is 6.10 Å². The molecule has 0 aliphatic carbocycles. The number of benzene rings is 1. The lowest BCUT2D eigenvalue weighted by Gasteiger charge is -2.28. The van der Waals surface area contributed by atoms with E-state index in [1.165, 1.54) is 31.5 Å². The second-order valence-corrected chi connectivity index (χ2v) is 4.30. The van der Waals surface area contributed by atoms with Crippen molar-refractivity contribution in [2.45, 2.75) is 39.4 Å². The number of likely N-dealkylation sites (tertiary alicyclic amines) is 1. The van der Waals surface area contributed by atoms with Crippen LogP contribution in [0.2, 0.25) is 0 Å². The summed E-state index contributed by atoms with van der Waals surface area (Å²) in [5.74, 6) is 0. The third-order valence-electron chi connectivity index (χ3n) is 2.99. The van der Waals surface area contributed by atoms with Gasteiger partial charge in [-0.3, -0.25) is 0 Å². The fourth-order valence-electron chi connectivity index (χ4n) is 1.94. The summed E-state index contributed by atoms with van der Waals surface area (Å²) in [5, 5.41) is 0. The molecule has 0 radical (unpaired) electrons. The minimum atomic E-state index is 0.460. The van der Waals surface area contributed by atoms with Crippen LogP contribution in [0.25, 0.3) is 0 Å². The van der Waals surface area contributed by atoms with Crippen LogP contribution in [0.4, 0.5) is 0 Å². The van der Waals surface area contributed by atoms with Crippen molar-refractivity contribution in [2.75, 3.05) is 20.1 Å². The molecule has 0 aromatic heterocycles. The maximum atomic E-state index is 5.89. The molecule has 2 heteroatoms. The van der Waals surface area contributed by atoms with E-state index >= 15 is 0 Å². The predicted octanol–water partition coefficient (Wildman–Crippen LogP) is 3.32. The van der Waals surface area contributed by atoms with E-state index in [-0.39, 0.29) is 0 Å². The summed E-state index contributed by atoms with van der Waals surface area (Å²) in [7, 11) is 2.17. The van der Waals surface area contributed by atoms with Crippen LogP contribution in [-0.2, 0) is 11.3 Å². The summed E-state index contributed by atoms with van der Waals surface area (Å²) in [6, 6.07) is 10.4. The molecular weight excluding hydrogens is 210 g/mol. The van der Waals surface area contributed by atoms with Gasteiger partial charge < -0.3 is 9.64 Å². The third kappa shape index (κ3) is 5.33. The molecule has 1 saturated heterocycles. The van der Waals surface area contributed by atoms with Crippen molar-refractivity contribution in [1.82, 2.24) is 4.90 Å². The second-order valence-electron chi connectivity index (χ2n) is 4.30. The highest BCUT2D eigenvalue weighted by Crippen LogP contribution is 2.14. The summed E-state index contributed by atoms with van der Waals surface area (Å²) < 4.78 is 5.89. The lowest BCUT2D eigenvalue weighted by Crippen LogP contribution is -2.34. The van der Waals surface area contributed by atoms with Crippen LogP contribution in [0.3, 0.4) is 0 Å². The summed E-state index contributed by atoms with van der Waals surface area (Å²) >= 11 is 0. The molecule has 2 rings (SSSR count). The molecule has 1 aromatic rings. The minimum Gasteiger partial charge on any atom is -0.373 e. The zero-order valence-corrected chi connectivity index (χ0v) is 11.4. The number of ether oxygens (including phenoxy) is 1. The maximum absolute atomic E-state index is 5.89. The number of nitrogens with zero attached hydrogens (tertiary/aromatic N) is 1. The fraction of sp³-hybridized carbons (Fsp3) is 0.600. The Balaban J connectivity index is 0.000000686. The molecule has 1 aliphatic rings. The molecule has 1 aliphatic heterocycles. The first-order valence-electron chi connectivity index (χ1n) is 6.68. The molecule has 0 amide bonds. The van der Waals surface area contributed by atoms with Crippen molar-refractivity contribution in [3.63, 3.8) is 0 Å². The van der Waals surface area contributed by atoms with Crippen LogP contribution >= 0.6 is 0 Å². The summed E-state index contributed by atoms with van der Waals surface area (Å²) in [5.41, 5.74) is 1.27. The molecule has 0 atom stereocenters. The monoisotopic (exact) mass is 235 g/mol. The summed E-state index contributed by atoms with van der Waals surface area (Å²) in [6.07, 6.45) is 2.80. The van der Waals surface area contributed by atoms with Gasteiger partial charge in [-0.2, -0.15) is 0 Å². The predicted molar refractivity (Wildman–Crippen MR) is 73.1 cm³/mol. The van der Waals surface area contributed by atoms with Crippen molar-refractivity contribution >= 4 is 0 Å². The smallest absolute Gasteiger partial charge is 0.0720 e. The number of rotatable bonds is 3. The Hall–Kier alpha value is -0.860. The Kier molecular flexibility index (Phi) is 6.90. The second kappa shape index (κ2) is 8.26. The first kappa shape index (κ1) is 14.2. The third-order valence-corrected chi connectivity index (χ3v) is 2.99. The highest BCUT2D eigenvalue weighted by atomic mass is 16.5. The van der Waals surface area contributed by atoms with E-state index in [1.54, 1.807) is 0 Å². The molecule has 0 spiro atoms. The van der Waals surface area contributed by atoms with Crippen LogP contribution in [0.5, 0.6) is 0 Å². The van der Waals surface area contributed by atoms with Crippen LogP contribution in [0.1, 0.15) is 32.3 Å². The highest BCUT2D eigenvalue weighted by molar-refractivity contribution is 5.13. The average molecular weight is 235 g/mol. The fourth-order valence-corrected chi connectivity index (χ4v) is 1.94. The van der Waals surface area contributed by atoms with Crippen molar-refractivity contribution in [1.29, 1.82) is 0 Å². The molecule has 1 heterocycles. The minimum absolute atomic E-state index is 0.460. The van der Waals surface area contributed by atoms with E-state index in [2.05, 4.69) is 36.2 Å². The van der Waals surface area contributed by atoms with Crippen molar-refractivity contribution in [3.8, 4) is 0 Å². The van der Waals surface area contributed by atoms with Gasteiger partial charge in [0.25, 0.3) is 0 Å². The first-order chi connectivity index (χ1) is 8.34. The zero-order valence-electron chi connectivity index (χ0n) is 11.4. The molecule has 17 heavy (non-hydrogen) atoms. The molecule has 0 saturated carbocycles. The molecule has 1 aromatic carbocycles. The largest absolute Gasteiger partial charge is 0.373 e. The van der Waals surface area contributed by atoms with Gasteiger partial charge in [-0.25, -0.2) is 0 Å². The Morgan fingerprint density at radius 2 is 1.71 bits per heavy atom. The van der Waals surface area contributed by atoms with Crippen LogP contribution < -0.4 is 0 Å². The summed E-state index contributed by atoms with van der Waals surface area (Å²) in [6.45, 7) is 7.09. The van der Waals surface area contributed by atoms with Gasteiger partial charge in [-0.15, -0.1) is 0 Å². The topological polar surface area (TPSA) is 12.5 Å². The van der Waals surface area contributed by atoms with Gasteiger partial charge in [0.05, 0.1) is 12.7 Å². The molecule has 2 nitrogen and oxygen atoms in total. The molecular formula is C15H25NO. The lowest BCUT2D eigenvalue weighted by atomic mass is 10.1. The van der Waals surface area contributed by atoms with E-state index in [4.69, 9.17) is 4.74 Å². The Bertz CT molecular complexity index is 278. The maximum Gasteiger partial charge on any atom is 0.0720 e. The van der Waals surface area contributed by atoms with Crippen LogP contribution in [-0.4, -0.2) is 31.1 Å². The van der Waals surface area contributed by atoms with Crippen LogP contribution in [0, 0.1) is 0 Å².